The van der Waals surface area contributed by atoms with Gasteiger partial charge in [-0.25, -0.2) is 13.6 Å². The summed E-state index contributed by atoms with van der Waals surface area (Å²) in [6, 6.07) is 0.667. The second-order valence-corrected chi connectivity index (χ2v) is 6.89. The molecule has 2 heterocycles. The number of rotatable bonds is 3. The van der Waals surface area contributed by atoms with Crippen LogP contribution in [0.5, 0.6) is 0 Å². The van der Waals surface area contributed by atoms with Gasteiger partial charge in [0.1, 0.15) is 17.1 Å². The number of hydrogen-bond acceptors (Lipinski definition) is 4. The maximum Gasteiger partial charge on any atom is 0.341 e. The van der Waals surface area contributed by atoms with Crippen molar-refractivity contribution in [1.82, 2.24) is 9.47 Å². The number of carbonyl (C=O) groups is 2. The molecule has 2 aromatic rings. The first-order valence-electron chi connectivity index (χ1n) is 8.97. The van der Waals surface area contributed by atoms with Crippen LogP contribution >= 0.6 is 0 Å². The molecule has 1 aliphatic heterocycles. The lowest BCUT2D eigenvalue weighted by Gasteiger charge is -2.40. The van der Waals surface area contributed by atoms with E-state index in [2.05, 4.69) is 0 Å². The average molecular weight is 393 g/mol. The summed E-state index contributed by atoms with van der Waals surface area (Å²) >= 11 is 0. The molecule has 1 saturated heterocycles. The second-order valence-electron chi connectivity index (χ2n) is 6.89. The Morgan fingerprint density at radius 3 is 2.50 bits per heavy atom. The molecule has 0 bridgehead atoms. The van der Waals surface area contributed by atoms with Crippen LogP contribution in [-0.2, 0) is 11.3 Å². The van der Waals surface area contributed by atoms with Crippen molar-refractivity contribution < 1.29 is 23.5 Å². The molecule has 7 nitrogen and oxygen atoms in total. The standard InChI is InChI=1S/C19H21F2N3O4/c1-4-22-9-13(19(27)28)18(26)12-7-14(20)17(15(21)16(12)22)23-5-6-24(11(3)25)10(2)8-23/h7,9-10H,4-6,8H2,1-3H3,(H,27,28). The summed E-state index contributed by atoms with van der Waals surface area (Å²) in [5.41, 5.74) is -1.86. The predicted octanol–water partition coefficient (Wildman–Crippen LogP) is 2.05. The molecule has 1 N–H and O–H groups in total. The third-order valence-electron chi connectivity index (χ3n) is 5.15. The molecule has 9 heteroatoms. The van der Waals surface area contributed by atoms with Gasteiger partial charge in [-0.2, -0.15) is 0 Å². The highest BCUT2D eigenvalue weighted by Crippen LogP contribution is 2.31. The van der Waals surface area contributed by atoms with E-state index in [-0.39, 0.29) is 48.2 Å². The Bertz CT molecular complexity index is 1030. The Balaban J connectivity index is 2.19. The number of amides is 1. The van der Waals surface area contributed by atoms with Crippen molar-refractivity contribution in [3.8, 4) is 0 Å². The molecule has 1 unspecified atom stereocenters. The Morgan fingerprint density at radius 2 is 1.96 bits per heavy atom. The molecule has 1 amide bonds. The largest absolute Gasteiger partial charge is 0.477 e. The Hall–Kier alpha value is -2.97. The van der Waals surface area contributed by atoms with Crippen LogP contribution in [0.1, 0.15) is 31.1 Å². The van der Waals surface area contributed by atoms with Crippen molar-refractivity contribution >= 4 is 28.5 Å². The van der Waals surface area contributed by atoms with E-state index in [1.165, 1.54) is 16.4 Å². The van der Waals surface area contributed by atoms with Gasteiger partial charge in [-0.1, -0.05) is 0 Å². The predicted molar refractivity (Wildman–Crippen MR) is 99.8 cm³/mol. The number of carbonyl (C=O) groups excluding carboxylic acids is 1. The number of aryl methyl sites for hydroxylation is 1. The normalized spacial score (nSPS) is 17.2. The maximum absolute atomic E-state index is 15.4. The zero-order valence-electron chi connectivity index (χ0n) is 15.8. The lowest BCUT2D eigenvalue weighted by Crippen LogP contribution is -2.54. The van der Waals surface area contributed by atoms with Crippen LogP contribution in [0.25, 0.3) is 10.9 Å². The van der Waals surface area contributed by atoms with Gasteiger partial charge in [-0.3, -0.25) is 9.59 Å². The van der Waals surface area contributed by atoms with Crippen LogP contribution in [0.2, 0.25) is 0 Å². The number of hydrogen-bond donors (Lipinski definition) is 1. The molecule has 3 rings (SSSR count). The van der Waals surface area contributed by atoms with E-state index in [0.29, 0.717) is 6.54 Å². The van der Waals surface area contributed by atoms with Gasteiger partial charge < -0.3 is 19.5 Å². The molecular formula is C19H21F2N3O4. The van der Waals surface area contributed by atoms with Gasteiger partial charge in [0.2, 0.25) is 11.3 Å². The van der Waals surface area contributed by atoms with Gasteiger partial charge in [-0.15, -0.1) is 0 Å². The highest BCUT2D eigenvalue weighted by molar-refractivity contribution is 5.93. The number of fused-ring (bicyclic) bond motifs is 1. The smallest absolute Gasteiger partial charge is 0.341 e. The van der Waals surface area contributed by atoms with Crippen molar-refractivity contribution in [1.29, 1.82) is 0 Å². The molecule has 0 spiro atoms. The third kappa shape index (κ3) is 3.10. The number of pyridine rings is 1. The summed E-state index contributed by atoms with van der Waals surface area (Å²) in [7, 11) is 0. The summed E-state index contributed by atoms with van der Waals surface area (Å²) in [5, 5.41) is 8.89. The summed E-state index contributed by atoms with van der Waals surface area (Å²) < 4.78 is 31.5. The molecule has 28 heavy (non-hydrogen) atoms. The van der Waals surface area contributed by atoms with Gasteiger partial charge in [0.15, 0.2) is 5.82 Å². The van der Waals surface area contributed by atoms with Crippen LogP contribution in [0.15, 0.2) is 17.1 Å². The molecule has 1 aromatic heterocycles. The van der Waals surface area contributed by atoms with Crippen LogP contribution in [0.3, 0.4) is 0 Å². The highest BCUT2D eigenvalue weighted by Gasteiger charge is 2.30. The van der Waals surface area contributed by atoms with Gasteiger partial charge in [0, 0.05) is 45.3 Å². The van der Waals surface area contributed by atoms with E-state index in [1.807, 2.05) is 0 Å². The molecule has 1 fully saturated rings. The monoisotopic (exact) mass is 393 g/mol. The number of piperazine rings is 1. The molecule has 0 aliphatic carbocycles. The fraction of sp³-hybridized carbons (Fsp3) is 0.421. The second kappa shape index (κ2) is 7.21. The fourth-order valence-electron chi connectivity index (χ4n) is 3.80. The number of halogens is 2. The van der Waals surface area contributed by atoms with Crippen molar-refractivity contribution in [2.45, 2.75) is 33.4 Å². The molecular weight excluding hydrogens is 372 g/mol. The number of nitrogens with zero attached hydrogens (tertiary/aromatic N) is 3. The minimum atomic E-state index is -1.45. The molecule has 150 valence electrons. The average Bonchev–Trinajstić information content (AvgIpc) is 2.62. The fourth-order valence-corrected chi connectivity index (χ4v) is 3.80. The Labute approximate surface area is 159 Å². The van der Waals surface area contributed by atoms with E-state index in [4.69, 9.17) is 0 Å². The van der Waals surface area contributed by atoms with Crippen molar-refractivity contribution in [3.63, 3.8) is 0 Å². The molecule has 1 aliphatic rings. The molecule has 0 saturated carbocycles. The number of aromatic carboxylic acids is 1. The highest BCUT2D eigenvalue weighted by atomic mass is 19.1. The van der Waals surface area contributed by atoms with Crippen LogP contribution in [-0.4, -0.2) is 52.1 Å². The lowest BCUT2D eigenvalue weighted by molar-refractivity contribution is -0.131. The van der Waals surface area contributed by atoms with E-state index < -0.39 is 28.6 Å². The molecule has 0 radical (unpaired) electrons. The number of carboxylic acid groups (broad SMARTS) is 1. The zero-order valence-corrected chi connectivity index (χ0v) is 15.8. The first-order valence-corrected chi connectivity index (χ1v) is 8.97. The zero-order chi connectivity index (χ0) is 20.7. The van der Waals surface area contributed by atoms with Gasteiger partial charge in [0.05, 0.1) is 10.9 Å². The van der Waals surface area contributed by atoms with Gasteiger partial charge in [0.25, 0.3) is 0 Å². The number of benzene rings is 1. The quantitative estimate of drug-likeness (QED) is 0.863. The van der Waals surface area contributed by atoms with Crippen LogP contribution in [0.4, 0.5) is 14.5 Å². The van der Waals surface area contributed by atoms with Gasteiger partial charge >= 0.3 is 5.97 Å². The minimum absolute atomic E-state index is 0.104. The minimum Gasteiger partial charge on any atom is -0.477 e. The topological polar surface area (TPSA) is 82.8 Å². The maximum atomic E-state index is 15.4. The number of aromatic nitrogens is 1. The SMILES string of the molecule is CCn1cc(C(=O)O)c(=O)c2cc(F)c(N3CCN(C(C)=O)C(C)C3)c(F)c21. The van der Waals surface area contributed by atoms with Gasteiger partial charge in [-0.05, 0) is 19.9 Å². The first kappa shape index (κ1) is 19.8. The van der Waals surface area contributed by atoms with Crippen molar-refractivity contribution in [3.05, 3.63) is 39.7 Å². The van der Waals surface area contributed by atoms with Crippen LogP contribution < -0.4 is 10.3 Å². The van der Waals surface area contributed by atoms with E-state index in [9.17, 15) is 23.9 Å². The van der Waals surface area contributed by atoms with Crippen LogP contribution in [0, 0.1) is 11.6 Å². The lowest BCUT2D eigenvalue weighted by atomic mass is 10.1. The summed E-state index contributed by atoms with van der Waals surface area (Å²) in [4.78, 5) is 38.5. The number of anilines is 1. The Kier molecular flexibility index (Phi) is 5.10. The molecule has 1 atom stereocenters. The summed E-state index contributed by atoms with van der Waals surface area (Å²) in [6.45, 7) is 5.93. The summed E-state index contributed by atoms with van der Waals surface area (Å²) in [6.07, 6.45) is 1.08. The number of carboxylic acids is 1. The van der Waals surface area contributed by atoms with E-state index in [0.717, 1.165) is 12.3 Å². The van der Waals surface area contributed by atoms with Crippen molar-refractivity contribution in [2.75, 3.05) is 24.5 Å². The molecule has 1 aromatic carbocycles. The third-order valence-corrected chi connectivity index (χ3v) is 5.15. The summed E-state index contributed by atoms with van der Waals surface area (Å²) in [5.74, 6) is -3.40. The van der Waals surface area contributed by atoms with E-state index in [1.54, 1.807) is 18.7 Å². The van der Waals surface area contributed by atoms with Crippen molar-refractivity contribution in [2.24, 2.45) is 0 Å². The first-order chi connectivity index (χ1) is 13.2. The Morgan fingerprint density at radius 1 is 1.29 bits per heavy atom. The van der Waals surface area contributed by atoms with E-state index >= 15 is 4.39 Å².